The monoisotopic (exact) mass is 230 g/mol. The van der Waals surface area contributed by atoms with Gasteiger partial charge in [0.2, 0.25) is 0 Å². The fraction of sp³-hybridized carbons (Fsp3) is 0.833. The molecule has 0 aliphatic heterocycles. The smallest absolute Gasteiger partial charge is 0.307 e. The third-order valence-corrected chi connectivity index (χ3v) is 3.72. The van der Waals surface area contributed by atoms with Gasteiger partial charge in [0.25, 0.3) is 0 Å². The molecule has 0 spiro atoms. The first-order valence-corrected chi connectivity index (χ1v) is 5.61. The van der Waals surface area contributed by atoms with Crippen LogP contribution in [0.5, 0.6) is 0 Å². The Morgan fingerprint density at radius 2 is 1.56 bits per heavy atom. The predicted molar refractivity (Wildman–Crippen MR) is 61.2 cm³/mol. The highest BCUT2D eigenvalue weighted by molar-refractivity contribution is 5.80. The van der Waals surface area contributed by atoms with Gasteiger partial charge in [-0.2, -0.15) is 0 Å². The van der Waals surface area contributed by atoms with E-state index in [1.54, 1.807) is 6.92 Å². The minimum atomic E-state index is -1.02. The molecule has 0 fully saturated rings. The molecule has 2 unspecified atom stereocenters. The van der Waals surface area contributed by atoms with Crippen molar-refractivity contribution < 1.29 is 19.8 Å². The van der Waals surface area contributed by atoms with E-state index in [1.165, 1.54) is 0 Å². The van der Waals surface area contributed by atoms with Crippen molar-refractivity contribution in [2.75, 3.05) is 0 Å². The van der Waals surface area contributed by atoms with E-state index in [2.05, 4.69) is 0 Å². The average molecular weight is 230 g/mol. The molecule has 0 aliphatic rings. The Morgan fingerprint density at radius 3 is 1.75 bits per heavy atom. The van der Waals surface area contributed by atoms with Gasteiger partial charge in [-0.1, -0.05) is 34.6 Å². The molecule has 0 heterocycles. The normalized spacial score (nSPS) is 15.9. The first-order chi connectivity index (χ1) is 7.16. The number of carbonyl (C=O) groups is 2. The minimum absolute atomic E-state index is 0.113. The zero-order valence-corrected chi connectivity index (χ0v) is 10.7. The van der Waals surface area contributed by atoms with Gasteiger partial charge < -0.3 is 10.2 Å². The highest BCUT2D eigenvalue weighted by Gasteiger charge is 2.44. The van der Waals surface area contributed by atoms with Gasteiger partial charge in [0.15, 0.2) is 0 Å². The molecule has 0 aliphatic carbocycles. The lowest BCUT2D eigenvalue weighted by Gasteiger charge is -2.38. The Morgan fingerprint density at radius 1 is 1.12 bits per heavy atom. The summed E-state index contributed by atoms with van der Waals surface area (Å²) in [6.07, 6.45) is 0.336. The molecule has 0 rings (SSSR count). The third kappa shape index (κ3) is 2.97. The summed E-state index contributed by atoms with van der Waals surface area (Å²) in [5, 5.41) is 18.3. The molecule has 0 saturated heterocycles. The Labute approximate surface area is 96.7 Å². The average Bonchev–Trinajstić information content (AvgIpc) is 2.11. The van der Waals surface area contributed by atoms with Gasteiger partial charge in [-0.25, -0.2) is 0 Å². The molecular weight excluding hydrogens is 208 g/mol. The van der Waals surface area contributed by atoms with Crippen molar-refractivity contribution in [1.82, 2.24) is 0 Å². The molecule has 0 radical (unpaired) electrons. The lowest BCUT2D eigenvalue weighted by molar-refractivity contribution is -0.160. The van der Waals surface area contributed by atoms with Crippen molar-refractivity contribution in [2.24, 2.45) is 23.2 Å². The Balaban J connectivity index is 5.30. The highest BCUT2D eigenvalue weighted by atomic mass is 16.4. The van der Waals surface area contributed by atoms with E-state index < -0.39 is 29.2 Å². The van der Waals surface area contributed by atoms with E-state index in [0.717, 1.165) is 0 Å². The summed E-state index contributed by atoms with van der Waals surface area (Å²) >= 11 is 0. The molecule has 2 N–H and O–H groups in total. The largest absolute Gasteiger partial charge is 0.481 e. The second kappa shape index (κ2) is 5.32. The SMILES string of the molecule is CCC(C(=O)O)C(C(=O)O)C(C)(C)C(C)C. The van der Waals surface area contributed by atoms with E-state index in [0.29, 0.717) is 6.42 Å². The van der Waals surface area contributed by atoms with E-state index in [-0.39, 0.29) is 5.92 Å². The van der Waals surface area contributed by atoms with E-state index >= 15 is 0 Å². The molecule has 0 aromatic rings. The second-order valence-corrected chi connectivity index (χ2v) is 5.14. The van der Waals surface area contributed by atoms with Crippen LogP contribution in [0, 0.1) is 23.2 Å². The van der Waals surface area contributed by atoms with E-state index in [4.69, 9.17) is 5.11 Å². The summed E-state index contributed by atoms with van der Waals surface area (Å²) in [5.41, 5.74) is -0.537. The first-order valence-electron chi connectivity index (χ1n) is 5.61. The number of carboxylic acids is 2. The van der Waals surface area contributed by atoms with E-state index in [9.17, 15) is 14.7 Å². The molecule has 16 heavy (non-hydrogen) atoms. The maximum Gasteiger partial charge on any atom is 0.307 e. The summed E-state index contributed by atoms with van der Waals surface area (Å²) in [6.45, 7) is 9.20. The van der Waals surface area contributed by atoms with Crippen LogP contribution in [0.25, 0.3) is 0 Å². The molecule has 2 atom stereocenters. The number of hydrogen-bond acceptors (Lipinski definition) is 2. The number of aliphatic carboxylic acids is 2. The molecule has 0 saturated carbocycles. The van der Waals surface area contributed by atoms with Crippen LogP contribution in [-0.2, 0) is 9.59 Å². The summed E-state index contributed by atoms with van der Waals surface area (Å²) in [4.78, 5) is 22.4. The maximum absolute atomic E-state index is 11.3. The van der Waals surface area contributed by atoms with Gasteiger partial charge in [-0.3, -0.25) is 9.59 Å². The van der Waals surface area contributed by atoms with Crippen molar-refractivity contribution in [3.05, 3.63) is 0 Å². The van der Waals surface area contributed by atoms with Gasteiger partial charge in [0.05, 0.1) is 11.8 Å². The standard InChI is InChI=1S/C12H22O4/c1-6-8(10(13)14)9(11(15)16)12(4,5)7(2)3/h7-9H,6H2,1-5H3,(H,13,14)(H,15,16). The summed E-state index contributed by atoms with van der Waals surface area (Å²) < 4.78 is 0. The van der Waals surface area contributed by atoms with Crippen molar-refractivity contribution in [1.29, 1.82) is 0 Å². The van der Waals surface area contributed by atoms with Gasteiger partial charge in [0, 0.05) is 0 Å². The quantitative estimate of drug-likeness (QED) is 0.735. The van der Waals surface area contributed by atoms with Gasteiger partial charge >= 0.3 is 11.9 Å². The van der Waals surface area contributed by atoms with Crippen molar-refractivity contribution in [3.63, 3.8) is 0 Å². The Hall–Kier alpha value is -1.06. The highest BCUT2D eigenvalue weighted by Crippen LogP contribution is 2.40. The van der Waals surface area contributed by atoms with Crippen LogP contribution < -0.4 is 0 Å². The fourth-order valence-corrected chi connectivity index (χ4v) is 1.92. The fourth-order valence-electron chi connectivity index (χ4n) is 1.92. The zero-order valence-electron chi connectivity index (χ0n) is 10.7. The topological polar surface area (TPSA) is 74.6 Å². The molecule has 4 heteroatoms. The Kier molecular flexibility index (Phi) is 4.97. The van der Waals surface area contributed by atoms with Gasteiger partial charge in [-0.05, 0) is 17.8 Å². The maximum atomic E-state index is 11.3. The van der Waals surface area contributed by atoms with Crippen molar-refractivity contribution in [2.45, 2.75) is 41.0 Å². The lowest BCUT2D eigenvalue weighted by atomic mass is 9.65. The molecule has 0 amide bonds. The molecule has 0 bridgehead atoms. The minimum Gasteiger partial charge on any atom is -0.481 e. The molecule has 0 aromatic heterocycles. The third-order valence-electron chi connectivity index (χ3n) is 3.72. The molecule has 94 valence electrons. The molecule has 0 aromatic carbocycles. The van der Waals surface area contributed by atoms with Crippen molar-refractivity contribution in [3.8, 4) is 0 Å². The van der Waals surface area contributed by atoms with Crippen LogP contribution in [0.2, 0.25) is 0 Å². The molecule has 4 nitrogen and oxygen atoms in total. The molecular formula is C12H22O4. The van der Waals surface area contributed by atoms with Crippen molar-refractivity contribution >= 4 is 11.9 Å². The predicted octanol–water partition coefficient (Wildman–Crippen LogP) is 2.48. The van der Waals surface area contributed by atoms with Crippen LogP contribution in [0.4, 0.5) is 0 Å². The van der Waals surface area contributed by atoms with Crippen LogP contribution in [0.1, 0.15) is 41.0 Å². The summed E-state index contributed by atoms with van der Waals surface area (Å²) in [5.74, 6) is -3.61. The summed E-state index contributed by atoms with van der Waals surface area (Å²) in [7, 11) is 0. The Bertz CT molecular complexity index is 268. The number of hydrogen-bond donors (Lipinski definition) is 2. The van der Waals surface area contributed by atoms with Crippen LogP contribution in [0.3, 0.4) is 0 Å². The lowest BCUT2D eigenvalue weighted by Crippen LogP contribution is -2.42. The second-order valence-electron chi connectivity index (χ2n) is 5.14. The number of carboxylic acid groups (broad SMARTS) is 2. The van der Waals surface area contributed by atoms with Gasteiger partial charge in [0.1, 0.15) is 0 Å². The zero-order chi connectivity index (χ0) is 13.1. The van der Waals surface area contributed by atoms with Crippen LogP contribution in [-0.4, -0.2) is 22.2 Å². The van der Waals surface area contributed by atoms with Gasteiger partial charge in [-0.15, -0.1) is 0 Å². The summed E-state index contributed by atoms with van der Waals surface area (Å²) in [6, 6.07) is 0. The van der Waals surface area contributed by atoms with E-state index in [1.807, 2.05) is 27.7 Å². The van der Waals surface area contributed by atoms with Crippen LogP contribution in [0.15, 0.2) is 0 Å². The number of rotatable bonds is 6. The first kappa shape index (κ1) is 14.9. The van der Waals surface area contributed by atoms with Crippen LogP contribution >= 0.6 is 0 Å².